The Balaban J connectivity index is 2.45. The van der Waals surface area contributed by atoms with Crippen LogP contribution in [0.2, 0.25) is 0 Å². The normalized spacial score (nSPS) is 24.6. The van der Waals surface area contributed by atoms with Crippen LogP contribution < -0.4 is 0 Å². The van der Waals surface area contributed by atoms with Gasteiger partial charge in [-0.15, -0.1) is 0 Å². The van der Waals surface area contributed by atoms with E-state index in [1.54, 1.807) is 0 Å². The molecule has 0 spiro atoms. The molecule has 0 saturated heterocycles. The van der Waals surface area contributed by atoms with Gasteiger partial charge in [0, 0.05) is 12.3 Å². The van der Waals surface area contributed by atoms with Gasteiger partial charge in [0.1, 0.15) is 5.78 Å². The number of hydrogen-bond donors (Lipinski definition) is 0. The average Bonchev–Trinajstić information content (AvgIpc) is 2.02. The molecule has 0 N–H and O–H groups in total. The molecule has 1 unspecified atom stereocenters. The van der Waals surface area contributed by atoms with Crippen LogP contribution in [0, 0.1) is 5.92 Å². The van der Waals surface area contributed by atoms with Crippen LogP contribution in [-0.2, 0) is 4.79 Å². The van der Waals surface area contributed by atoms with Crippen molar-refractivity contribution in [1.82, 2.24) is 0 Å². The molecular weight excluding hydrogens is 148 g/mol. The smallest absolute Gasteiger partial charge is 0.136 e. The minimum Gasteiger partial charge on any atom is -0.299 e. The zero-order valence-corrected chi connectivity index (χ0v) is 7.88. The molecule has 0 amide bonds. The van der Waals surface area contributed by atoms with Gasteiger partial charge in [0.2, 0.25) is 0 Å². The van der Waals surface area contributed by atoms with E-state index in [2.05, 4.69) is 12.2 Å². The molecule has 1 aliphatic carbocycles. The molecule has 68 valence electrons. The van der Waals surface area contributed by atoms with Crippen LogP contribution in [0.1, 0.15) is 45.4 Å². The fourth-order valence-electron chi connectivity index (χ4n) is 1.73. The largest absolute Gasteiger partial charge is 0.299 e. The summed E-state index contributed by atoms with van der Waals surface area (Å²) in [6, 6.07) is 0. The fourth-order valence-corrected chi connectivity index (χ4v) is 1.73. The van der Waals surface area contributed by atoms with Crippen LogP contribution in [-0.4, -0.2) is 5.78 Å². The molecule has 1 rings (SSSR count). The van der Waals surface area contributed by atoms with Crippen LogP contribution in [0.4, 0.5) is 0 Å². The quantitative estimate of drug-likeness (QED) is 0.576. The van der Waals surface area contributed by atoms with Crippen molar-refractivity contribution in [2.45, 2.75) is 45.4 Å². The molecule has 0 fully saturated rings. The summed E-state index contributed by atoms with van der Waals surface area (Å²) in [6.07, 6.45) is 10.9. The molecule has 0 aromatic carbocycles. The van der Waals surface area contributed by atoms with E-state index in [0.717, 1.165) is 12.8 Å². The molecule has 0 heterocycles. The maximum absolute atomic E-state index is 11.4. The summed E-state index contributed by atoms with van der Waals surface area (Å²) in [5.41, 5.74) is 0. The van der Waals surface area contributed by atoms with E-state index in [4.69, 9.17) is 0 Å². The molecule has 1 aliphatic rings. The highest BCUT2D eigenvalue weighted by molar-refractivity contribution is 5.80. The summed E-state index contributed by atoms with van der Waals surface area (Å²) < 4.78 is 0. The van der Waals surface area contributed by atoms with Gasteiger partial charge < -0.3 is 0 Å². The lowest BCUT2D eigenvalue weighted by Gasteiger charge is -2.14. The predicted molar refractivity (Wildman–Crippen MR) is 51.0 cm³/mol. The molecule has 1 nitrogen and oxygen atoms in total. The van der Waals surface area contributed by atoms with Crippen molar-refractivity contribution < 1.29 is 4.79 Å². The number of allylic oxidation sites excluding steroid dienone is 2. The second-order valence-electron chi connectivity index (χ2n) is 3.51. The lowest BCUT2D eigenvalue weighted by molar-refractivity contribution is -0.122. The highest BCUT2D eigenvalue weighted by atomic mass is 16.1. The molecule has 0 aliphatic heterocycles. The number of carbonyl (C=O) groups is 1. The Morgan fingerprint density at radius 1 is 1.42 bits per heavy atom. The van der Waals surface area contributed by atoms with E-state index in [1.165, 1.54) is 19.3 Å². The number of rotatable bonds is 2. The molecule has 12 heavy (non-hydrogen) atoms. The van der Waals surface area contributed by atoms with Gasteiger partial charge in [-0.05, 0) is 25.7 Å². The van der Waals surface area contributed by atoms with Gasteiger partial charge in [0.25, 0.3) is 0 Å². The van der Waals surface area contributed by atoms with Crippen molar-refractivity contribution in [3.05, 3.63) is 12.2 Å². The monoisotopic (exact) mass is 166 g/mol. The minimum absolute atomic E-state index is 0.326. The van der Waals surface area contributed by atoms with Crippen LogP contribution >= 0.6 is 0 Å². The zero-order valence-electron chi connectivity index (χ0n) is 7.88. The van der Waals surface area contributed by atoms with E-state index in [-0.39, 0.29) is 0 Å². The van der Waals surface area contributed by atoms with Crippen molar-refractivity contribution in [2.75, 3.05) is 0 Å². The standard InChI is InChI=1S/C11H18O/c1-2-11(12)10-8-6-4-3-5-7-9-10/h4,6,10H,2-3,5,7-9H2,1H3. The summed E-state index contributed by atoms with van der Waals surface area (Å²) in [5, 5.41) is 0. The maximum Gasteiger partial charge on any atom is 0.136 e. The van der Waals surface area contributed by atoms with Gasteiger partial charge in [0.15, 0.2) is 0 Å². The third-order valence-corrected chi connectivity index (χ3v) is 2.56. The first-order valence-electron chi connectivity index (χ1n) is 5.02. The van der Waals surface area contributed by atoms with E-state index in [1.807, 2.05) is 6.92 Å². The Labute approximate surface area is 74.9 Å². The van der Waals surface area contributed by atoms with Crippen LogP contribution in [0.5, 0.6) is 0 Å². The second-order valence-corrected chi connectivity index (χ2v) is 3.51. The number of hydrogen-bond acceptors (Lipinski definition) is 1. The van der Waals surface area contributed by atoms with Gasteiger partial charge in [0.05, 0.1) is 0 Å². The van der Waals surface area contributed by atoms with Gasteiger partial charge in [-0.1, -0.05) is 25.5 Å². The van der Waals surface area contributed by atoms with Crippen molar-refractivity contribution in [1.29, 1.82) is 0 Å². The Hall–Kier alpha value is -0.590. The lowest BCUT2D eigenvalue weighted by atomic mass is 9.90. The molecule has 0 aromatic heterocycles. The summed E-state index contributed by atoms with van der Waals surface area (Å²) in [5.74, 6) is 0.771. The highest BCUT2D eigenvalue weighted by Gasteiger charge is 2.15. The van der Waals surface area contributed by atoms with E-state index in [9.17, 15) is 4.79 Å². The van der Waals surface area contributed by atoms with Gasteiger partial charge in [-0.3, -0.25) is 4.79 Å². The Bertz CT molecular complexity index is 170. The highest BCUT2D eigenvalue weighted by Crippen LogP contribution is 2.19. The summed E-state index contributed by atoms with van der Waals surface area (Å²) in [6.45, 7) is 1.96. The van der Waals surface area contributed by atoms with Gasteiger partial charge >= 0.3 is 0 Å². The molecule has 1 atom stereocenters. The first-order valence-corrected chi connectivity index (χ1v) is 5.02. The molecule has 0 radical (unpaired) electrons. The molecule has 1 heteroatoms. The zero-order chi connectivity index (χ0) is 8.81. The second kappa shape index (κ2) is 5.13. The Morgan fingerprint density at radius 3 is 3.00 bits per heavy atom. The number of Topliss-reactive ketones (excluding diaryl/α,β-unsaturated/α-hetero) is 1. The van der Waals surface area contributed by atoms with E-state index < -0.39 is 0 Å². The molecule has 0 aromatic rings. The molecule has 0 bridgehead atoms. The third-order valence-electron chi connectivity index (χ3n) is 2.56. The van der Waals surface area contributed by atoms with Crippen molar-refractivity contribution in [3.63, 3.8) is 0 Å². The molecular formula is C11H18O. The first-order chi connectivity index (χ1) is 5.84. The van der Waals surface area contributed by atoms with Crippen LogP contribution in [0.15, 0.2) is 12.2 Å². The number of carbonyl (C=O) groups excluding carboxylic acids is 1. The topological polar surface area (TPSA) is 17.1 Å². The fraction of sp³-hybridized carbons (Fsp3) is 0.727. The minimum atomic E-state index is 0.326. The average molecular weight is 166 g/mol. The van der Waals surface area contributed by atoms with Crippen LogP contribution in [0.3, 0.4) is 0 Å². The Morgan fingerprint density at radius 2 is 2.25 bits per heavy atom. The van der Waals surface area contributed by atoms with Gasteiger partial charge in [-0.25, -0.2) is 0 Å². The van der Waals surface area contributed by atoms with Crippen molar-refractivity contribution >= 4 is 5.78 Å². The van der Waals surface area contributed by atoms with Crippen LogP contribution in [0.25, 0.3) is 0 Å². The van der Waals surface area contributed by atoms with E-state index >= 15 is 0 Å². The SMILES string of the molecule is CCC(=O)C1CC=CCCCC1. The summed E-state index contributed by atoms with van der Waals surface area (Å²) >= 11 is 0. The van der Waals surface area contributed by atoms with Crippen molar-refractivity contribution in [3.8, 4) is 0 Å². The third kappa shape index (κ3) is 2.80. The Kier molecular flexibility index (Phi) is 4.06. The summed E-state index contributed by atoms with van der Waals surface area (Å²) in [7, 11) is 0. The predicted octanol–water partition coefficient (Wildman–Crippen LogP) is 3.10. The van der Waals surface area contributed by atoms with Crippen molar-refractivity contribution in [2.24, 2.45) is 5.92 Å². The molecule has 0 saturated carbocycles. The number of ketones is 1. The lowest BCUT2D eigenvalue weighted by Crippen LogP contribution is -2.13. The first kappa shape index (κ1) is 9.50. The summed E-state index contributed by atoms with van der Waals surface area (Å²) in [4.78, 5) is 11.4. The van der Waals surface area contributed by atoms with E-state index in [0.29, 0.717) is 18.1 Å². The maximum atomic E-state index is 11.4. The van der Waals surface area contributed by atoms with Gasteiger partial charge in [-0.2, -0.15) is 0 Å².